The molecule has 13 heavy (non-hydrogen) atoms. The van der Waals surface area contributed by atoms with Gasteiger partial charge in [0.05, 0.1) is 18.7 Å². The molecule has 0 amide bonds. The Bertz CT molecular complexity index is 230. The van der Waals surface area contributed by atoms with Gasteiger partial charge in [0, 0.05) is 20.2 Å². The number of rotatable bonds is 3. The fraction of sp³-hybridized carbons (Fsp3) is 0.700. The summed E-state index contributed by atoms with van der Waals surface area (Å²) < 4.78 is 5.05. The van der Waals surface area contributed by atoms with Crippen molar-refractivity contribution in [1.82, 2.24) is 4.90 Å². The molecule has 0 N–H and O–H groups in total. The zero-order valence-corrected chi connectivity index (χ0v) is 8.29. The highest BCUT2D eigenvalue weighted by Crippen LogP contribution is 2.12. The van der Waals surface area contributed by atoms with Gasteiger partial charge in [0.15, 0.2) is 0 Å². The van der Waals surface area contributed by atoms with E-state index in [4.69, 9.17) is 10.00 Å². The number of nitrogens with zero attached hydrogens (tertiary/aromatic N) is 2. The normalized spacial score (nSPS) is 20.5. The summed E-state index contributed by atoms with van der Waals surface area (Å²) >= 11 is 0. The van der Waals surface area contributed by atoms with Crippen LogP contribution < -0.4 is 0 Å². The molecule has 1 aliphatic rings. The third kappa shape index (κ3) is 2.83. The fourth-order valence-electron chi connectivity index (χ4n) is 1.48. The van der Waals surface area contributed by atoms with Crippen LogP contribution in [-0.4, -0.2) is 37.7 Å². The number of methoxy groups -OCH3 is 1. The summed E-state index contributed by atoms with van der Waals surface area (Å²) in [6.07, 6.45) is 3.20. The van der Waals surface area contributed by atoms with E-state index in [0.29, 0.717) is 0 Å². The van der Waals surface area contributed by atoms with Crippen LogP contribution in [0.25, 0.3) is 0 Å². The Labute approximate surface area is 79.6 Å². The predicted octanol–water partition coefficient (Wildman–Crippen LogP) is 1.18. The summed E-state index contributed by atoms with van der Waals surface area (Å²) in [5.41, 5.74) is 1.35. The van der Waals surface area contributed by atoms with E-state index in [1.165, 1.54) is 5.57 Å². The molecule has 0 saturated heterocycles. The van der Waals surface area contributed by atoms with Crippen molar-refractivity contribution in [2.45, 2.75) is 19.4 Å². The van der Waals surface area contributed by atoms with Gasteiger partial charge in [0.2, 0.25) is 0 Å². The van der Waals surface area contributed by atoms with E-state index in [-0.39, 0.29) is 6.04 Å². The Kier molecular flexibility index (Phi) is 3.94. The van der Waals surface area contributed by atoms with Gasteiger partial charge in [-0.3, -0.25) is 4.90 Å². The molecule has 0 bridgehead atoms. The van der Waals surface area contributed by atoms with Crippen LogP contribution in [0.4, 0.5) is 0 Å². The molecule has 0 aromatic carbocycles. The molecule has 0 aromatic heterocycles. The summed E-state index contributed by atoms with van der Waals surface area (Å²) in [5.74, 6) is 0. The van der Waals surface area contributed by atoms with Crippen LogP contribution in [0.15, 0.2) is 11.6 Å². The topological polar surface area (TPSA) is 36.3 Å². The molecule has 1 unspecified atom stereocenters. The Morgan fingerprint density at radius 3 is 3.00 bits per heavy atom. The van der Waals surface area contributed by atoms with E-state index >= 15 is 0 Å². The first-order valence-corrected chi connectivity index (χ1v) is 4.58. The number of hydrogen-bond acceptors (Lipinski definition) is 3. The molecule has 1 heterocycles. The van der Waals surface area contributed by atoms with Gasteiger partial charge in [-0.15, -0.1) is 0 Å². The van der Waals surface area contributed by atoms with Crippen molar-refractivity contribution in [3.63, 3.8) is 0 Å². The SMILES string of the molecule is COCC1=CCN(C(C)C#N)CC1. The molecule has 1 rings (SSSR count). The summed E-state index contributed by atoms with van der Waals surface area (Å²) in [5, 5.41) is 8.72. The molecule has 0 spiro atoms. The number of ether oxygens (including phenoxy) is 1. The second-order valence-electron chi connectivity index (χ2n) is 3.35. The minimum atomic E-state index is 0.0281. The third-order valence-electron chi connectivity index (χ3n) is 2.40. The number of hydrogen-bond donors (Lipinski definition) is 0. The maximum atomic E-state index is 8.72. The molecule has 0 fully saturated rings. The molecule has 0 radical (unpaired) electrons. The van der Waals surface area contributed by atoms with E-state index in [9.17, 15) is 0 Å². The minimum Gasteiger partial charge on any atom is -0.380 e. The van der Waals surface area contributed by atoms with Crippen LogP contribution in [0, 0.1) is 11.3 Å². The van der Waals surface area contributed by atoms with Gasteiger partial charge in [0.1, 0.15) is 0 Å². The van der Waals surface area contributed by atoms with Crippen molar-refractivity contribution in [2.75, 3.05) is 26.8 Å². The molecule has 72 valence electrons. The lowest BCUT2D eigenvalue weighted by atomic mass is 10.1. The molecule has 0 saturated carbocycles. The van der Waals surface area contributed by atoms with E-state index < -0.39 is 0 Å². The van der Waals surface area contributed by atoms with Gasteiger partial charge in [-0.25, -0.2) is 0 Å². The van der Waals surface area contributed by atoms with Gasteiger partial charge in [-0.1, -0.05) is 6.08 Å². The number of nitriles is 1. The fourth-order valence-corrected chi connectivity index (χ4v) is 1.48. The van der Waals surface area contributed by atoms with Gasteiger partial charge < -0.3 is 4.74 Å². The van der Waals surface area contributed by atoms with Crippen LogP contribution in [0.3, 0.4) is 0 Å². The van der Waals surface area contributed by atoms with Gasteiger partial charge in [-0.05, 0) is 18.9 Å². The van der Waals surface area contributed by atoms with Gasteiger partial charge in [0.25, 0.3) is 0 Å². The Morgan fingerprint density at radius 1 is 1.77 bits per heavy atom. The Morgan fingerprint density at radius 2 is 2.54 bits per heavy atom. The van der Waals surface area contributed by atoms with Crippen LogP contribution in [-0.2, 0) is 4.74 Å². The van der Waals surface area contributed by atoms with Crippen molar-refractivity contribution < 1.29 is 4.74 Å². The van der Waals surface area contributed by atoms with Crippen LogP contribution in [0.1, 0.15) is 13.3 Å². The lowest BCUT2D eigenvalue weighted by molar-refractivity contribution is 0.207. The van der Waals surface area contributed by atoms with E-state index in [0.717, 1.165) is 26.1 Å². The zero-order valence-electron chi connectivity index (χ0n) is 8.29. The monoisotopic (exact) mass is 180 g/mol. The smallest absolute Gasteiger partial charge is 0.0952 e. The van der Waals surface area contributed by atoms with E-state index in [2.05, 4.69) is 17.0 Å². The first-order valence-electron chi connectivity index (χ1n) is 4.58. The van der Waals surface area contributed by atoms with Crippen LogP contribution in [0.2, 0.25) is 0 Å². The second kappa shape index (κ2) is 5.00. The molecular weight excluding hydrogens is 164 g/mol. The second-order valence-corrected chi connectivity index (χ2v) is 3.35. The molecule has 1 atom stereocenters. The lowest BCUT2D eigenvalue weighted by Gasteiger charge is -2.27. The summed E-state index contributed by atoms with van der Waals surface area (Å²) in [6, 6.07) is 2.27. The molecule has 1 aliphatic heterocycles. The van der Waals surface area contributed by atoms with Crippen LogP contribution in [0.5, 0.6) is 0 Å². The van der Waals surface area contributed by atoms with E-state index in [1.54, 1.807) is 7.11 Å². The Hall–Kier alpha value is -0.850. The lowest BCUT2D eigenvalue weighted by Crippen LogP contribution is -2.36. The first kappa shape index (κ1) is 10.2. The van der Waals surface area contributed by atoms with Crippen molar-refractivity contribution in [2.24, 2.45) is 0 Å². The van der Waals surface area contributed by atoms with Crippen molar-refractivity contribution >= 4 is 0 Å². The van der Waals surface area contributed by atoms with Crippen molar-refractivity contribution in [3.05, 3.63) is 11.6 Å². The standard InChI is InChI=1S/C10H16N2O/c1-9(7-11)12-5-3-10(4-6-12)8-13-2/h3,9H,4-6,8H2,1-2H3. The van der Waals surface area contributed by atoms with E-state index in [1.807, 2.05) is 6.92 Å². The minimum absolute atomic E-state index is 0.0281. The van der Waals surface area contributed by atoms with Crippen molar-refractivity contribution in [1.29, 1.82) is 5.26 Å². The first-order chi connectivity index (χ1) is 6.27. The molecule has 0 aliphatic carbocycles. The third-order valence-corrected chi connectivity index (χ3v) is 2.40. The average Bonchev–Trinajstić information content (AvgIpc) is 2.18. The zero-order chi connectivity index (χ0) is 9.68. The quantitative estimate of drug-likeness (QED) is 0.612. The average molecular weight is 180 g/mol. The summed E-state index contributed by atoms with van der Waals surface area (Å²) in [6.45, 7) is 4.53. The van der Waals surface area contributed by atoms with Crippen LogP contribution >= 0.6 is 0 Å². The summed E-state index contributed by atoms with van der Waals surface area (Å²) in [4.78, 5) is 2.17. The molecule has 3 heteroatoms. The highest BCUT2D eigenvalue weighted by Gasteiger charge is 2.15. The molecule has 0 aromatic rings. The van der Waals surface area contributed by atoms with Gasteiger partial charge in [-0.2, -0.15) is 5.26 Å². The highest BCUT2D eigenvalue weighted by atomic mass is 16.5. The Balaban J connectivity index is 2.42. The largest absolute Gasteiger partial charge is 0.380 e. The molecular formula is C10H16N2O. The van der Waals surface area contributed by atoms with Crippen molar-refractivity contribution in [3.8, 4) is 6.07 Å². The van der Waals surface area contributed by atoms with Gasteiger partial charge >= 0.3 is 0 Å². The predicted molar refractivity (Wildman–Crippen MR) is 51.2 cm³/mol. The highest BCUT2D eigenvalue weighted by molar-refractivity contribution is 5.09. The maximum absolute atomic E-state index is 8.72. The molecule has 3 nitrogen and oxygen atoms in total. The summed E-state index contributed by atoms with van der Waals surface area (Å²) in [7, 11) is 1.71. The maximum Gasteiger partial charge on any atom is 0.0952 e.